The minimum absolute atomic E-state index is 0.0978. The van der Waals surface area contributed by atoms with Gasteiger partial charge >= 0.3 is 6.18 Å². The van der Waals surface area contributed by atoms with Crippen LogP contribution >= 0.6 is 27.7 Å². The Bertz CT molecular complexity index is 347. The molecule has 0 radical (unpaired) electrons. The number of thioether (sulfide) groups is 1. The third-order valence-corrected chi connectivity index (χ3v) is 3.27. The summed E-state index contributed by atoms with van der Waals surface area (Å²) in [4.78, 5) is 0.838. The summed E-state index contributed by atoms with van der Waals surface area (Å²) >= 11 is 4.47. The fourth-order valence-electron chi connectivity index (χ4n) is 1.07. The minimum atomic E-state index is -4.29. The molecule has 15 heavy (non-hydrogen) atoms. The summed E-state index contributed by atoms with van der Waals surface area (Å²) in [7, 11) is 0. The molecule has 0 bridgehead atoms. The third kappa shape index (κ3) is 3.72. The van der Waals surface area contributed by atoms with E-state index in [4.69, 9.17) is 0 Å². The molecule has 0 spiro atoms. The lowest BCUT2D eigenvalue weighted by molar-refractivity contribution is -0.138. The van der Waals surface area contributed by atoms with Crippen molar-refractivity contribution in [1.29, 1.82) is 0 Å². The van der Waals surface area contributed by atoms with Crippen molar-refractivity contribution < 1.29 is 13.2 Å². The van der Waals surface area contributed by atoms with Crippen molar-refractivity contribution in [3.8, 4) is 0 Å². The molecule has 0 aliphatic carbocycles. The molecule has 0 heterocycles. The van der Waals surface area contributed by atoms with Gasteiger partial charge in [-0.05, 0) is 18.2 Å². The zero-order valence-corrected chi connectivity index (χ0v) is 10.6. The Kier molecular flexibility index (Phi) is 4.12. The summed E-state index contributed by atoms with van der Waals surface area (Å²) in [5, 5.41) is 0.355. The van der Waals surface area contributed by atoms with Crippen LogP contribution in [-0.2, 0) is 6.18 Å². The molecular weight excluding hydrogens is 289 g/mol. The zero-order chi connectivity index (χ0) is 11.6. The fourth-order valence-corrected chi connectivity index (χ4v) is 2.70. The molecule has 0 N–H and O–H groups in total. The second-order valence-electron chi connectivity index (χ2n) is 3.31. The van der Waals surface area contributed by atoms with E-state index in [1.165, 1.54) is 23.9 Å². The van der Waals surface area contributed by atoms with Crippen LogP contribution in [0.3, 0.4) is 0 Å². The predicted octanol–water partition coefficient (Wildman–Crippen LogP) is 4.97. The van der Waals surface area contributed by atoms with E-state index < -0.39 is 11.7 Å². The fraction of sp³-hybridized carbons (Fsp3) is 0.400. The molecule has 0 nitrogen and oxygen atoms in total. The van der Waals surface area contributed by atoms with Gasteiger partial charge in [0.2, 0.25) is 0 Å². The first kappa shape index (κ1) is 12.9. The Morgan fingerprint density at radius 1 is 1.27 bits per heavy atom. The van der Waals surface area contributed by atoms with Crippen LogP contribution in [0.1, 0.15) is 19.4 Å². The van der Waals surface area contributed by atoms with Crippen LogP contribution < -0.4 is 0 Å². The Morgan fingerprint density at radius 3 is 2.27 bits per heavy atom. The maximum absolute atomic E-state index is 12.4. The third-order valence-electron chi connectivity index (χ3n) is 1.62. The van der Waals surface area contributed by atoms with Gasteiger partial charge in [0.05, 0.1) is 5.56 Å². The highest BCUT2D eigenvalue weighted by atomic mass is 79.9. The molecule has 0 amide bonds. The second-order valence-corrected chi connectivity index (χ2v) is 5.81. The van der Waals surface area contributed by atoms with E-state index in [2.05, 4.69) is 15.9 Å². The van der Waals surface area contributed by atoms with Crippen molar-refractivity contribution in [2.75, 3.05) is 0 Å². The number of hydrogen-bond donors (Lipinski definition) is 0. The Labute approximate surface area is 99.4 Å². The quantitative estimate of drug-likeness (QED) is 0.695. The smallest absolute Gasteiger partial charge is 0.166 e. The standard InChI is InChI=1S/C10H10BrF3S/c1-6(2)15-7-3-4-8(9(11)5-7)10(12,13)14/h3-6H,1-2H3. The second kappa shape index (κ2) is 4.78. The van der Waals surface area contributed by atoms with Crippen molar-refractivity contribution in [2.24, 2.45) is 0 Å². The Balaban J connectivity index is 2.99. The first-order valence-electron chi connectivity index (χ1n) is 4.34. The molecule has 0 saturated carbocycles. The molecule has 0 aromatic heterocycles. The van der Waals surface area contributed by atoms with Crippen LogP contribution in [0.4, 0.5) is 13.2 Å². The molecule has 0 aliphatic rings. The van der Waals surface area contributed by atoms with Crippen LogP contribution in [0, 0.1) is 0 Å². The molecular formula is C10H10BrF3S. The molecule has 0 fully saturated rings. The molecule has 84 valence electrons. The van der Waals surface area contributed by atoms with E-state index in [1.54, 1.807) is 0 Å². The van der Waals surface area contributed by atoms with E-state index in [0.717, 1.165) is 11.0 Å². The normalized spacial score (nSPS) is 12.2. The average molecular weight is 299 g/mol. The Morgan fingerprint density at radius 2 is 1.87 bits per heavy atom. The Hall–Kier alpha value is -0.160. The highest BCUT2D eigenvalue weighted by molar-refractivity contribution is 9.10. The molecule has 0 aliphatic heterocycles. The average Bonchev–Trinajstić information content (AvgIpc) is 1.99. The number of halogens is 4. The largest absolute Gasteiger partial charge is 0.417 e. The molecule has 0 atom stereocenters. The summed E-state index contributed by atoms with van der Waals surface area (Å²) in [6.07, 6.45) is -4.29. The van der Waals surface area contributed by atoms with Gasteiger partial charge in [0.1, 0.15) is 0 Å². The lowest BCUT2D eigenvalue weighted by Crippen LogP contribution is -2.05. The van der Waals surface area contributed by atoms with Crippen LogP contribution in [-0.4, -0.2) is 5.25 Å². The lowest BCUT2D eigenvalue weighted by atomic mass is 10.2. The highest BCUT2D eigenvalue weighted by Gasteiger charge is 2.32. The zero-order valence-electron chi connectivity index (χ0n) is 8.23. The molecule has 0 unspecified atom stereocenters. The highest BCUT2D eigenvalue weighted by Crippen LogP contribution is 2.37. The van der Waals surface area contributed by atoms with Crippen LogP contribution in [0.2, 0.25) is 0 Å². The van der Waals surface area contributed by atoms with E-state index in [1.807, 2.05) is 13.8 Å². The molecule has 1 aromatic carbocycles. The molecule has 0 saturated heterocycles. The van der Waals surface area contributed by atoms with Gasteiger partial charge < -0.3 is 0 Å². The summed E-state index contributed by atoms with van der Waals surface area (Å²) in [6, 6.07) is 4.11. The van der Waals surface area contributed by atoms with Crippen LogP contribution in [0.5, 0.6) is 0 Å². The van der Waals surface area contributed by atoms with E-state index in [0.29, 0.717) is 5.25 Å². The summed E-state index contributed by atoms with van der Waals surface area (Å²) in [6.45, 7) is 3.99. The number of benzene rings is 1. The van der Waals surface area contributed by atoms with Gasteiger partial charge in [-0.3, -0.25) is 0 Å². The lowest BCUT2D eigenvalue weighted by Gasteiger charge is -2.11. The number of alkyl halides is 3. The van der Waals surface area contributed by atoms with Gasteiger partial charge in [-0.1, -0.05) is 29.8 Å². The van der Waals surface area contributed by atoms with Crippen molar-refractivity contribution >= 4 is 27.7 Å². The van der Waals surface area contributed by atoms with Gasteiger partial charge in [-0.2, -0.15) is 13.2 Å². The van der Waals surface area contributed by atoms with Crippen LogP contribution in [0.25, 0.3) is 0 Å². The van der Waals surface area contributed by atoms with E-state index in [-0.39, 0.29) is 4.47 Å². The number of hydrogen-bond acceptors (Lipinski definition) is 1. The topological polar surface area (TPSA) is 0 Å². The van der Waals surface area contributed by atoms with Gasteiger partial charge in [-0.25, -0.2) is 0 Å². The van der Waals surface area contributed by atoms with Crippen molar-refractivity contribution in [2.45, 2.75) is 30.2 Å². The molecule has 1 rings (SSSR count). The summed E-state index contributed by atoms with van der Waals surface area (Å²) in [5.74, 6) is 0. The first-order chi connectivity index (χ1) is 6.80. The van der Waals surface area contributed by atoms with Gasteiger partial charge in [-0.15, -0.1) is 11.8 Å². The van der Waals surface area contributed by atoms with E-state index >= 15 is 0 Å². The van der Waals surface area contributed by atoms with Crippen molar-refractivity contribution in [1.82, 2.24) is 0 Å². The SMILES string of the molecule is CC(C)Sc1ccc(C(F)(F)F)c(Br)c1. The maximum Gasteiger partial charge on any atom is 0.417 e. The number of rotatable bonds is 2. The van der Waals surface area contributed by atoms with Gasteiger partial charge in [0.25, 0.3) is 0 Å². The maximum atomic E-state index is 12.4. The first-order valence-corrected chi connectivity index (χ1v) is 6.01. The van der Waals surface area contributed by atoms with Crippen LogP contribution in [0.15, 0.2) is 27.6 Å². The van der Waals surface area contributed by atoms with Crippen molar-refractivity contribution in [3.05, 3.63) is 28.2 Å². The summed E-state index contributed by atoms with van der Waals surface area (Å²) < 4.78 is 37.3. The van der Waals surface area contributed by atoms with Crippen molar-refractivity contribution in [3.63, 3.8) is 0 Å². The summed E-state index contributed by atoms with van der Waals surface area (Å²) in [5.41, 5.74) is -0.629. The monoisotopic (exact) mass is 298 g/mol. The molecule has 5 heteroatoms. The van der Waals surface area contributed by atoms with E-state index in [9.17, 15) is 13.2 Å². The predicted molar refractivity (Wildman–Crippen MR) is 60.1 cm³/mol. The minimum Gasteiger partial charge on any atom is -0.166 e. The van der Waals surface area contributed by atoms with Gasteiger partial charge in [0.15, 0.2) is 0 Å². The molecule has 1 aromatic rings. The van der Waals surface area contributed by atoms with Gasteiger partial charge in [0, 0.05) is 14.6 Å².